The van der Waals surface area contributed by atoms with Gasteiger partial charge in [0.25, 0.3) is 0 Å². The zero-order valence-corrected chi connectivity index (χ0v) is 10.2. The predicted octanol–water partition coefficient (Wildman–Crippen LogP) is 2.62. The zero-order chi connectivity index (χ0) is 11.0. The highest BCUT2D eigenvalue weighted by Gasteiger charge is 2.35. The van der Waals surface area contributed by atoms with Crippen LogP contribution in [0.2, 0.25) is 0 Å². The Morgan fingerprint density at radius 2 is 1.93 bits per heavy atom. The maximum Gasteiger partial charge on any atom is 0.0416 e. The molecule has 0 radical (unpaired) electrons. The lowest BCUT2D eigenvalue weighted by atomic mass is 10.0. The molecule has 2 unspecified atom stereocenters. The van der Waals surface area contributed by atoms with E-state index in [0.717, 1.165) is 11.8 Å². The van der Waals surface area contributed by atoms with Crippen molar-refractivity contribution in [2.45, 2.75) is 40.0 Å². The van der Waals surface area contributed by atoms with Crippen molar-refractivity contribution in [2.75, 3.05) is 0 Å². The molecule has 84 valence electrons. The first-order valence-corrected chi connectivity index (χ1v) is 6.16. The van der Waals surface area contributed by atoms with Crippen molar-refractivity contribution in [3.8, 4) is 0 Å². The van der Waals surface area contributed by atoms with E-state index >= 15 is 0 Å². The van der Waals surface area contributed by atoms with Crippen LogP contribution < -0.4 is 10.6 Å². The summed E-state index contributed by atoms with van der Waals surface area (Å²) in [7, 11) is 0. The van der Waals surface area contributed by atoms with Gasteiger partial charge in [0.1, 0.15) is 0 Å². The van der Waals surface area contributed by atoms with Crippen LogP contribution in [-0.4, -0.2) is 4.98 Å². The SMILES string of the molecule is CC.CC(C)c1c[nH]c2c1=CC1CC1C=2.[HH]. The van der Waals surface area contributed by atoms with E-state index in [1.54, 1.807) is 0 Å². The Hall–Kier alpha value is -0.980. The summed E-state index contributed by atoms with van der Waals surface area (Å²) >= 11 is 0. The molecule has 1 heterocycles. The molecule has 2 aliphatic carbocycles. The van der Waals surface area contributed by atoms with Crippen LogP contribution in [0.3, 0.4) is 0 Å². The average Bonchev–Trinajstić information content (AvgIpc) is 2.86. The van der Waals surface area contributed by atoms with Crippen molar-refractivity contribution in [3.63, 3.8) is 0 Å². The van der Waals surface area contributed by atoms with Crippen molar-refractivity contribution in [1.29, 1.82) is 0 Å². The Labute approximate surface area is 93.4 Å². The smallest absolute Gasteiger partial charge is 0.0416 e. The largest absolute Gasteiger partial charge is 0.361 e. The molecule has 1 saturated carbocycles. The fourth-order valence-corrected chi connectivity index (χ4v) is 2.32. The van der Waals surface area contributed by atoms with Crippen LogP contribution in [0.1, 0.15) is 47.0 Å². The first-order chi connectivity index (χ1) is 7.25. The summed E-state index contributed by atoms with van der Waals surface area (Å²) < 4.78 is 0. The zero-order valence-electron chi connectivity index (χ0n) is 10.2. The molecule has 1 fully saturated rings. The van der Waals surface area contributed by atoms with Crippen LogP contribution in [0, 0.1) is 11.8 Å². The number of aromatic amines is 1. The summed E-state index contributed by atoms with van der Waals surface area (Å²) in [5, 5.41) is 2.84. The van der Waals surface area contributed by atoms with Gasteiger partial charge in [-0.05, 0) is 35.0 Å². The lowest BCUT2D eigenvalue weighted by molar-refractivity contribution is 0.859. The molecule has 0 aliphatic heterocycles. The Kier molecular flexibility index (Phi) is 2.72. The second-order valence-electron chi connectivity index (χ2n) is 4.62. The van der Waals surface area contributed by atoms with Crippen molar-refractivity contribution in [2.24, 2.45) is 11.8 Å². The number of aromatic nitrogens is 1. The molecule has 0 spiro atoms. The monoisotopic (exact) mass is 205 g/mol. The van der Waals surface area contributed by atoms with Gasteiger partial charge in [-0.2, -0.15) is 0 Å². The van der Waals surface area contributed by atoms with Gasteiger partial charge in [-0.1, -0.05) is 39.8 Å². The fourth-order valence-electron chi connectivity index (χ4n) is 2.32. The van der Waals surface area contributed by atoms with Crippen LogP contribution in [0.15, 0.2) is 6.20 Å². The Morgan fingerprint density at radius 3 is 2.60 bits per heavy atom. The number of fused-ring (bicyclic) bond motifs is 2. The van der Waals surface area contributed by atoms with E-state index in [1.165, 1.54) is 22.6 Å². The van der Waals surface area contributed by atoms with Gasteiger partial charge in [-0.3, -0.25) is 0 Å². The van der Waals surface area contributed by atoms with Crippen LogP contribution in [-0.2, 0) is 0 Å². The van der Waals surface area contributed by atoms with Crippen LogP contribution in [0.25, 0.3) is 12.2 Å². The van der Waals surface area contributed by atoms with Crippen molar-refractivity contribution in [3.05, 3.63) is 22.3 Å². The summed E-state index contributed by atoms with van der Waals surface area (Å²) in [6, 6.07) is 0. The average molecular weight is 205 g/mol. The molecule has 0 aromatic carbocycles. The molecule has 1 aromatic heterocycles. The van der Waals surface area contributed by atoms with E-state index in [1.807, 2.05) is 13.8 Å². The Morgan fingerprint density at radius 1 is 1.27 bits per heavy atom. The third kappa shape index (κ3) is 1.75. The normalized spacial score (nSPS) is 25.4. The molecular weight excluding hydrogens is 182 g/mol. The minimum Gasteiger partial charge on any atom is -0.361 e. The Balaban J connectivity index is 0.000000406. The molecule has 0 bridgehead atoms. The summed E-state index contributed by atoms with van der Waals surface area (Å²) in [5.74, 6) is 2.35. The van der Waals surface area contributed by atoms with Gasteiger partial charge in [-0.15, -0.1) is 0 Å². The highest BCUT2D eigenvalue weighted by molar-refractivity contribution is 5.50. The van der Waals surface area contributed by atoms with Gasteiger partial charge in [-0.25, -0.2) is 0 Å². The van der Waals surface area contributed by atoms with E-state index < -0.39 is 0 Å². The van der Waals surface area contributed by atoms with Gasteiger partial charge in [0, 0.05) is 13.0 Å². The second kappa shape index (κ2) is 3.88. The number of nitrogens with one attached hydrogen (secondary N) is 1. The van der Waals surface area contributed by atoms with Crippen molar-refractivity contribution in [1.82, 2.24) is 4.98 Å². The minimum atomic E-state index is 0. The number of hydrogen-bond acceptors (Lipinski definition) is 0. The van der Waals surface area contributed by atoms with Gasteiger partial charge in [0.05, 0.1) is 0 Å². The van der Waals surface area contributed by atoms with Gasteiger partial charge >= 0.3 is 0 Å². The first-order valence-electron chi connectivity index (χ1n) is 6.16. The predicted molar refractivity (Wildman–Crippen MR) is 68.1 cm³/mol. The molecule has 1 nitrogen and oxygen atoms in total. The molecule has 1 heteroatoms. The molecule has 0 amide bonds. The van der Waals surface area contributed by atoms with Crippen molar-refractivity contribution >= 4 is 12.2 Å². The lowest BCUT2D eigenvalue weighted by Crippen LogP contribution is -2.28. The third-order valence-electron chi connectivity index (χ3n) is 3.26. The molecule has 15 heavy (non-hydrogen) atoms. The molecule has 1 aromatic rings. The van der Waals surface area contributed by atoms with E-state index in [4.69, 9.17) is 0 Å². The molecule has 1 N–H and O–H groups in total. The van der Waals surface area contributed by atoms with E-state index in [2.05, 4.69) is 37.2 Å². The summed E-state index contributed by atoms with van der Waals surface area (Å²) in [6.45, 7) is 8.52. The van der Waals surface area contributed by atoms with Crippen LogP contribution in [0.4, 0.5) is 0 Å². The molecule has 2 aliphatic rings. The minimum absolute atomic E-state index is 0. The lowest BCUT2D eigenvalue weighted by Gasteiger charge is -2.01. The summed E-state index contributed by atoms with van der Waals surface area (Å²) in [5.41, 5.74) is 1.48. The van der Waals surface area contributed by atoms with E-state index in [9.17, 15) is 0 Å². The number of H-pyrrole nitrogens is 1. The summed E-state index contributed by atoms with van der Waals surface area (Å²) in [4.78, 5) is 3.38. The van der Waals surface area contributed by atoms with Gasteiger partial charge in [0.2, 0.25) is 0 Å². The number of hydrogen-bond donors (Lipinski definition) is 1. The maximum atomic E-state index is 3.38. The van der Waals surface area contributed by atoms with E-state index in [-0.39, 0.29) is 1.43 Å². The number of rotatable bonds is 1. The highest BCUT2D eigenvalue weighted by Crippen LogP contribution is 2.41. The molecule has 0 saturated heterocycles. The van der Waals surface area contributed by atoms with Crippen LogP contribution in [0.5, 0.6) is 0 Å². The second-order valence-corrected chi connectivity index (χ2v) is 4.62. The first kappa shape index (κ1) is 10.5. The maximum absolute atomic E-state index is 3.38. The third-order valence-corrected chi connectivity index (χ3v) is 3.26. The van der Waals surface area contributed by atoms with Gasteiger partial charge in [0.15, 0.2) is 0 Å². The summed E-state index contributed by atoms with van der Waals surface area (Å²) in [6.07, 6.45) is 8.42. The topological polar surface area (TPSA) is 15.8 Å². The molecule has 3 rings (SSSR count). The van der Waals surface area contributed by atoms with Gasteiger partial charge < -0.3 is 4.98 Å². The fraction of sp³-hybridized carbons (Fsp3) is 0.571. The molecule has 2 atom stereocenters. The molecular formula is C14H23N. The Bertz CT molecular complexity index is 456. The van der Waals surface area contributed by atoms with E-state index in [0.29, 0.717) is 5.92 Å². The van der Waals surface area contributed by atoms with Crippen LogP contribution >= 0.6 is 0 Å². The van der Waals surface area contributed by atoms with Crippen molar-refractivity contribution < 1.29 is 1.43 Å². The standard InChI is InChI=1S/C12H15N.C2H6.H2/c1-7(2)11-6-13-12-5-9-3-8(9)4-10(11)12;1-2;/h4-9,13H,3H2,1-2H3;1-2H3;1H. The quantitative estimate of drug-likeness (QED) is 0.725. The highest BCUT2D eigenvalue weighted by atomic mass is 14.7.